The molecule has 20 heavy (non-hydrogen) atoms. The number of nitrogens with zero attached hydrogens (tertiary/aromatic N) is 2. The quantitative estimate of drug-likeness (QED) is 0.865. The number of urea groups is 1. The topological polar surface area (TPSA) is 56.1 Å². The molecular formula is C13H20F3N3O. The fourth-order valence-electron chi connectivity index (χ4n) is 2.46. The van der Waals surface area contributed by atoms with E-state index in [0.29, 0.717) is 12.8 Å². The minimum Gasteiger partial charge on any atom is -0.326 e. The number of nitriles is 1. The van der Waals surface area contributed by atoms with E-state index in [9.17, 15) is 18.0 Å². The fraction of sp³-hybridized carbons (Fsp3) is 0.846. The Morgan fingerprint density at radius 3 is 2.45 bits per heavy atom. The van der Waals surface area contributed by atoms with Crippen molar-refractivity contribution in [3.8, 4) is 6.07 Å². The SMILES string of the molecule is CC(CC#N)N(C)C(=O)NC(C1CCCC1)C(F)(F)F. The number of nitrogens with one attached hydrogen (secondary N) is 1. The minimum absolute atomic E-state index is 0.0873. The molecule has 1 saturated carbocycles. The van der Waals surface area contributed by atoms with Gasteiger partial charge >= 0.3 is 12.2 Å². The van der Waals surface area contributed by atoms with Crippen LogP contribution >= 0.6 is 0 Å². The summed E-state index contributed by atoms with van der Waals surface area (Å²) in [5.74, 6) is -0.543. The van der Waals surface area contributed by atoms with Crippen LogP contribution in [-0.4, -0.2) is 36.2 Å². The Morgan fingerprint density at radius 1 is 1.45 bits per heavy atom. The molecule has 0 aliphatic heterocycles. The fourth-order valence-corrected chi connectivity index (χ4v) is 2.46. The Morgan fingerprint density at radius 2 is 2.00 bits per heavy atom. The number of carbonyl (C=O) groups excluding carboxylic acids is 1. The molecule has 0 saturated heterocycles. The van der Waals surface area contributed by atoms with Crippen molar-refractivity contribution in [3.05, 3.63) is 0 Å². The molecule has 2 atom stereocenters. The van der Waals surface area contributed by atoms with Gasteiger partial charge in [0.25, 0.3) is 0 Å². The molecule has 0 heterocycles. The minimum atomic E-state index is -4.44. The first-order valence-electron chi connectivity index (χ1n) is 6.74. The standard InChI is InChI=1S/C13H20F3N3O/c1-9(7-8-17)19(2)12(20)18-11(13(14,15)16)10-5-3-4-6-10/h9-11H,3-7H2,1-2H3,(H,18,20). The highest BCUT2D eigenvalue weighted by Crippen LogP contribution is 2.35. The normalized spacial score (nSPS) is 19.2. The summed E-state index contributed by atoms with van der Waals surface area (Å²) < 4.78 is 39.2. The van der Waals surface area contributed by atoms with Gasteiger partial charge in [-0.25, -0.2) is 4.79 Å². The number of rotatable bonds is 4. The summed E-state index contributed by atoms with van der Waals surface area (Å²) in [6, 6.07) is -1.09. The molecule has 114 valence electrons. The molecule has 0 aromatic heterocycles. The molecule has 1 fully saturated rings. The zero-order valence-corrected chi connectivity index (χ0v) is 11.7. The Kier molecular flexibility index (Phi) is 5.66. The van der Waals surface area contributed by atoms with Gasteiger partial charge in [0, 0.05) is 13.1 Å². The third-order valence-electron chi connectivity index (χ3n) is 3.87. The number of alkyl halides is 3. The molecule has 2 amide bonds. The maximum Gasteiger partial charge on any atom is 0.408 e. The lowest BCUT2D eigenvalue weighted by Crippen LogP contribution is -2.54. The van der Waals surface area contributed by atoms with E-state index in [0.717, 1.165) is 17.7 Å². The maximum absolute atomic E-state index is 13.1. The second-order valence-corrected chi connectivity index (χ2v) is 5.34. The average Bonchev–Trinajstić information content (AvgIpc) is 2.86. The molecule has 0 aromatic carbocycles. The van der Waals surface area contributed by atoms with Crippen molar-refractivity contribution in [2.24, 2.45) is 5.92 Å². The lowest BCUT2D eigenvalue weighted by Gasteiger charge is -2.31. The highest BCUT2D eigenvalue weighted by atomic mass is 19.4. The smallest absolute Gasteiger partial charge is 0.326 e. The van der Waals surface area contributed by atoms with E-state index < -0.39 is 30.2 Å². The van der Waals surface area contributed by atoms with E-state index >= 15 is 0 Å². The molecular weight excluding hydrogens is 271 g/mol. The van der Waals surface area contributed by atoms with Gasteiger partial charge in [0.2, 0.25) is 0 Å². The Balaban J connectivity index is 2.70. The third kappa shape index (κ3) is 4.29. The van der Waals surface area contributed by atoms with Crippen molar-refractivity contribution in [1.29, 1.82) is 5.26 Å². The van der Waals surface area contributed by atoms with Crippen LogP contribution in [0.15, 0.2) is 0 Å². The molecule has 0 spiro atoms. The summed E-state index contributed by atoms with van der Waals surface area (Å²) in [5.41, 5.74) is 0. The number of carbonyl (C=O) groups is 1. The number of amides is 2. The van der Waals surface area contributed by atoms with Gasteiger partial charge in [-0.1, -0.05) is 12.8 Å². The molecule has 0 bridgehead atoms. The molecule has 1 aliphatic carbocycles. The van der Waals surface area contributed by atoms with Gasteiger partial charge in [0.15, 0.2) is 0 Å². The zero-order chi connectivity index (χ0) is 15.3. The number of hydrogen-bond acceptors (Lipinski definition) is 2. The predicted molar refractivity (Wildman–Crippen MR) is 67.8 cm³/mol. The number of hydrogen-bond donors (Lipinski definition) is 1. The van der Waals surface area contributed by atoms with Crippen LogP contribution in [0, 0.1) is 17.2 Å². The van der Waals surface area contributed by atoms with Gasteiger partial charge in [-0.3, -0.25) is 0 Å². The predicted octanol–water partition coefficient (Wildman–Crippen LogP) is 3.05. The van der Waals surface area contributed by atoms with E-state index in [-0.39, 0.29) is 6.42 Å². The summed E-state index contributed by atoms with van der Waals surface area (Å²) in [5, 5.41) is 10.7. The van der Waals surface area contributed by atoms with Crippen LogP contribution in [0.1, 0.15) is 39.0 Å². The summed E-state index contributed by atoms with van der Waals surface area (Å²) in [4.78, 5) is 13.0. The Bertz CT molecular complexity index is 372. The molecule has 7 heteroatoms. The van der Waals surface area contributed by atoms with E-state index in [4.69, 9.17) is 5.26 Å². The van der Waals surface area contributed by atoms with Crippen LogP contribution in [0.4, 0.5) is 18.0 Å². The highest BCUT2D eigenvalue weighted by molar-refractivity contribution is 5.74. The second kappa shape index (κ2) is 6.82. The average molecular weight is 291 g/mol. The molecule has 0 aromatic rings. The van der Waals surface area contributed by atoms with Gasteiger partial charge in [-0.15, -0.1) is 0 Å². The van der Waals surface area contributed by atoms with Crippen molar-refractivity contribution < 1.29 is 18.0 Å². The van der Waals surface area contributed by atoms with Crippen LogP contribution in [0.5, 0.6) is 0 Å². The first-order valence-corrected chi connectivity index (χ1v) is 6.74. The van der Waals surface area contributed by atoms with Crippen LogP contribution < -0.4 is 5.32 Å². The van der Waals surface area contributed by atoms with Crippen molar-refractivity contribution in [2.75, 3.05) is 7.05 Å². The van der Waals surface area contributed by atoms with Gasteiger partial charge in [0.1, 0.15) is 6.04 Å². The van der Waals surface area contributed by atoms with E-state index in [1.807, 2.05) is 6.07 Å². The van der Waals surface area contributed by atoms with Gasteiger partial charge in [0.05, 0.1) is 12.5 Å². The monoisotopic (exact) mass is 291 g/mol. The highest BCUT2D eigenvalue weighted by Gasteiger charge is 2.46. The van der Waals surface area contributed by atoms with E-state index in [1.165, 1.54) is 7.05 Å². The third-order valence-corrected chi connectivity index (χ3v) is 3.87. The Hall–Kier alpha value is -1.45. The molecule has 0 radical (unpaired) electrons. The lowest BCUT2D eigenvalue weighted by molar-refractivity contribution is -0.165. The summed E-state index contributed by atoms with van der Waals surface area (Å²) >= 11 is 0. The molecule has 1 rings (SSSR count). The van der Waals surface area contributed by atoms with Crippen LogP contribution in [-0.2, 0) is 0 Å². The molecule has 4 nitrogen and oxygen atoms in total. The summed E-state index contributed by atoms with van der Waals surface area (Å²) in [6.07, 6.45) is -1.83. The molecule has 1 N–H and O–H groups in total. The lowest BCUT2D eigenvalue weighted by atomic mass is 9.98. The first kappa shape index (κ1) is 16.6. The largest absolute Gasteiger partial charge is 0.408 e. The summed E-state index contributed by atoms with van der Waals surface area (Å²) in [6.45, 7) is 1.63. The second-order valence-electron chi connectivity index (χ2n) is 5.34. The van der Waals surface area contributed by atoms with Crippen molar-refractivity contribution in [1.82, 2.24) is 10.2 Å². The van der Waals surface area contributed by atoms with Gasteiger partial charge < -0.3 is 10.2 Å². The van der Waals surface area contributed by atoms with E-state index in [1.54, 1.807) is 6.92 Å². The van der Waals surface area contributed by atoms with Crippen molar-refractivity contribution >= 4 is 6.03 Å². The van der Waals surface area contributed by atoms with Crippen LogP contribution in [0.2, 0.25) is 0 Å². The van der Waals surface area contributed by atoms with E-state index in [2.05, 4.69) is 5.32 Å². The molecule has 1 aliphatic rings. The zero-order valence-electron chi connectivity index (χ0n) is 11.7. The van der Waals surface area contributed by atoms with Gasteiger partial charge in [-0.05, 0) is 25.7 Å². The van der Waals surface area contributed by atoms with Crippen LogP contribution in [0.25, 0.3) is 0 Å². The first-order chi connectivity index (χ1) is 9.27. The molecule has 2 unspecified atom stereocenters. The van der Waals surface area contributed by atoms with Crippen LogP contribution in [0.3, 0.4) is 0 Å². The number of halogens is 3. The summed E-state index contributed by atoms with van der Waals surface area (Å²) in [7, 11) is 1.40. The Labute approximate surface area is 116 Å². The maximum atomic E-state index is 13.1. The van der Waals surface area contributed by atoms with Crippen molar-refractivity contribution in [3.63, 3.8) is 0 Å². The van der Waals surface area contributed by atoms with Gasteiger partial charge in [-0.2, -0.15) is 18.4 Å². The van der Waals surface area contributed by atoms with Crippen molar-refractivity contribution in [2.45, 2.75) is 57.3 Å².